The first-order chi connectivity index (χ1) is 6.35. The van der Waals surface area contributed by atoms with E-state index >= 15 is 0 Å². The summed E-state index contributed by atoms with van der Waals surface area (Å²) in [4.78, 5) is 0.861. The lowest BCUT2D eigenvalue weighted by Crippen LogP contribution is -2.03. The van der Waals surface area contributed by atoms with Gasteiger partial charge in [0.1, 0.15) is 5.01 Å². The van der Waals surface area contributed by atoms with Crippen LogP contribution in [-0.2, 0) is 12.8 Å². The summed E-state index contributed by atoms with van der Waals surface area (Å²) >= 11 is 1.56. The molecule has 0 aromatic carbocycles. The highest BCUT2D eigenvalue weighted by molar-refractivity contribution is 7.16. The van der Waals surface area contributed by atoms with E-state index in [9.17, 15) is 0 Å². The van der Waals surface area contributed by atoms with E-state index < -0.39 is 0 Å². The number of aromatic nitrogens is 4. The lowest BCUT2D eigenvalue weighted by Gasteiger charge is -1.88. The molecule has 0 spiro atoms. The molecule has 0 radical (unpaired) electrons. The van der Waals surface area contributed by atoms with Crippen molar-refractivity contribution in [2.75, 3.05) is 6.54 Å². The summed E-state index contributed by atoms with van der Waals surface area (Å²) in [6.07, 6.45) is 1.67. The molecule has 2 rings (SSSR count). The molecule has 0 amide bonds. The molecule has 0 bridgehead atoms. The predicted molar refractivity (Wildman–Crippen MR) is 58.0 cm³/mol. The van der Waals surface area contributed by atoms with E-state index in [0.717, 1.165) is 28.6 Å². The number of aryl methyl sites for hydroxylation is 1. The van der Waals surface area contributed by atoms with E-state index in [2.05, 4.69) is 15.3 Å². The Balaban J connectivity index is 0.000000980. The fourth-order valence-electron chi connectivity index (χ4n) is 1.14. The van der Waals surface area contributed by atoms with Gasteiger partial charge >= 0.3 is 0 Å². The molecule has 2 heterocycles. The van der Waals surface area contributed by atoms with Gasteiger partial charge in [0.05, 0.1) is 0 Å². The normalized spacial score (nSPS) is 10.4. The Morgan fingerprint density at radius 3 is 2.86 bits per heavy atom. The number of nitrogens with zero attached hydrogens (tertiary/aromatic N) is 4. The second-order valence-electron chi connectivity index (χ2n) is 2.70. The summed E-state index contributed by atoms with van der Waals surface area (Å²) in [5.74, 6) is 0.912. The zero-order chi connectivity index (χ0) is 9.26. The molecule has 2 aromatic heterocycles. The molecule has 0 unspecified atom stereocenters. The predicted octanol–water partition coefficient (Wildman–Crippen LogP) is 0.671. The van der Waals surface area contributed by atoms with E-state index in [-0.39, 0.29) is 12.4 Å². The van der Waals surface area contributed by atoms with Gasteiger partial charge in [-0.25, -0.2) is 0 Å². The van der Waals surface area contributed by atoms with Gasteiger partial charge in [-0.05, 0) is 6.54 Å². The lowest BCUT2D eigenvalue weighted by molar-refractivity contribution is 0.803. The van der Waals surface area contributed by atoms with Crippen LogP contribution in [-0.4, -0.2) is 26.4 Å². The van der Waals surface area contributed by atoms with Crippen molar-refractivity contribution < 1.29 is 0 Å². The van der Waals surface area contributed by atoms with Crippen LogP contribution in [0.15, 0.2) is 0 Å². The van der Waals surface area contributed by atoms with Crippen LogP contribution >= 0.6 is 23.7 Å². The Labute approximate surface area is 91.7 Å². The Bertz CT molecular complexity index is 409. The molecule has 2 N–H and O–H groups in total. The van der Waals surface area contributed by atoms with E-state index in [4.69, 9.17) is 5.73 Å². The third-order valence-corrected chi connectivity index (χ3v) is 2.73. The van der Waals surface area contributed by atoms with E-state index in [1.807, 2.05) is 6.92 Å². The first kappa shape index (κ1) is 11.4. The van der Waals surface area contributed by atoms with E-state index in [0.29, 0.717) is 6.54 Å². The molecule has 0 fully saturated rings. The molecule has 5 nitrogen and oxygen atoms in total. The Morgan fingerprint density at radius 1 is 1.43 bits per heavy atom. The van der Waals surface area contributed by atoms with Crippen molar-refractivity contribution in [3.05, 3.63) is 10.8 Å². The van der Waals surface area contributed by atoms with Crippen molar-refractivity contribution in [2.45, 2.75) is 19.8 Å². The van der Waals surface area contributed by atoms with Crippen molar-refractivity contribution in [3.63, 3.8) is 0 Å². The summed E-state index contributed by atoms with van der Waals surface area (Å²) in [6.45, 7) is 2.67. The zero-order valence-electron chi connectivity index (χ0n) is 7.80. The van der Waals surface area contributed by atoms with Gasteiger partial charge in [-0.2, -0.15) is 9.61 Å². The number of fused-ring (bicyclic) bond motifs is 1. The quantitative estimate of drug-likeness (QED) is 0.846. The number of hydrogen-bond donors (Lipinski definition) is 1. The zero-order valence-corrected chi connectivity index (χ0v) is 9.44. The minimum atomic E-state index is 0. The van der Waals surface area contributed by atoms with E-state index in [1.165, 1.54) is 0 Å². The van der Waals surface area contributed by atoms with Gasteiger partial charge in [0.15, 0.2) is 5.82 Å². The van der Waals surface area contributed by atoms with Crippen molar-refractivity contribution in [1.29, 1.82) is 0 Å². The minimum Gasteiger partial charge on any atom is -0.330 e. The van der Waals surface area contributed by atoms with Gasteiger partial charge in [-0.3, -0.25) is 0 Å². The van der Waals surface area contributed by atoms with Crippen LogP contribution in [0.25, 0.3) is 4.96 Å². The monoisotopic (exact) mass is 233 g/mol. The van der Waals surface area contributed by atoms with Gasteiger partial charge in [0.2, 0.25) is 4.96 Å². The summed E-state index contributed by atoms with van der Waals surface area (Å²) in [5, 5.41) is 13.4. The van der Waals surface area contributed by atoms with Gasteiger partial charge in [0, 0.05) is 12.8 Å². The lowest BCUT2D eigenvalue weighted by atomic mass is 10.5. The Morgan fingerprint density at radius 2 is 2.21 bits per heavy atom. The van der Waals surface area contributed by atoms with Crippen molar-refractivity contribution in [3.8, 4) is 0 Å². The molecular formula is C7H12ClN5S. The average molecular weight is 234 g/mol. The van der Waals surface area contributed by atoms with Crippen molar-refractivity contribution in [1.82, 2.24) is 19.8 Å². The molecule has 7 heteroatoms. The second-order valence-corrected chi connectivity index (χ2v) is 3.74. The topological polar surface area (TPSA) is 69.1 Å². The maximum Gasteiger partial charge on any atom is 0.234 e. The van der Waals surface area contributed by atoms with Gasteiger partial charge in [-0.15, -0.1) is 22.6 Å². The standard InChI is InChI=1S/C7H11N5S.ClH/c1-2-5-9-10-7-12(5)11-6(13-7)3-4-8;/h2-4,8H2,1H3;1H. The van der Waals surface area contributed by atoms with Crippen LogP contribution < -0.4 is 5.73 Å². The smallest absolute Gasteiger partial charge is 0.234 e. The van der Waals surface area contributed by atoms with Crippen LogP contribution in [0.5, 0.6) is 0 Å². The maximum absolute atomic E-state index is 5.44. The molecular weight excluding hydrogens is 222 g/mol. The first-order valence-electron chi connectivity index (χ1n) is 4.25. The second kappa shape index (κ2) is 4.68. The third kappa shape index (κ3) is 1.87. The average Bonchev–Trinajstić information content (AvgIpc) is 2.63. The summed E-state index contributed by atoms with van der Waals surface area (Å²) < 4.78 is 1.80. The highest BCUT2D eigenvalue weighted by Gasteiger charge is 2.08. The Kier molecular flexibility index (Phi) is 3.79. The maximum atomic E-state index is 5.44. The molecule has 0 aliphatic carbocycles. The highest BCUT2D eigenvalue weighted by Crippen LogP contribution is 2.13. The Hall–Kier alpha value is -0.720. The highest BCUT2D eigenvalue weighted by atomic mass is 35.5. The summed E-state index contributed by atoms with van der Waals surface area (Å²) in [5.41, 5.74) is 5.44. The van der Waals surface area contributed by atoms with Crippen LogP contribution in [0, 0.1) is 0 Å². The fraction of sp³-hybridized carbons (Fsp3) is 0.571. The van der Waals surface area contributed by atoms with Gasteiger partial charge in [-0.1, -0.05) is 18.3 Å². The van der Waals surface area contributed by atoms with E-state index in [1.54, 1.807) is 15.9 Å². The van der Waals surface area contributed by atoms with Crippen LogP contribution in [0.4, 0.5) is 0 Å². The third-order valence-electron chi connectivity index (χ3n) is 1.77. The van der Waals surface area contributed by atoms with Crippen molar-refractivity contribution in [2.24, 2.45) is 5.73 Å². The van der Waals surface area contributed by atoms with Crippen LogP contribution in [0.3, 0.4) is 0 Å². The molecule has 0 saturated heterocycles. The van der Waals surface area contributed by atoms with Gasteiger partial charge < -0.3 is 5.73 Å². The number of nitrogens with two attached hydrogens (primary N) is 1. The van der Waals surface area contributed by atoms with Crippen LogP contribution in [0.1, 0.15) is 17.8 Å². The number of rotatable bonds is 3. The number of halogens is 1. The molecule has 0 atom stereocenters. The van der Waals surface area contributed by atoms with Crippen LogP contribution in [0.2, 0.25) is 0 Å². The summed E-state index contributed by atoms with van der Waals surface area (Å²) in [7, 11) is 0. The SMILES string of the molecule is CCc1nnc2sc(CCN)nn12.Cl. The molecule has 0 aliphatic rings. The first-order valence-corrected chi connectivity index (χ1v) is 5.07. The molecule has 0 saturated carbocycles. The van der Waals surface area contributed by atoms with Gasteiger partial charge in [0.25, 0.3) is 0 Å². The molecule has 14 heavy (non-hydrogen) atoms. The fourth-order valence-corrected chi connectivity index (χ4v) is 2.01. The molecule has 0 aliphatic heterocycles. The summed E-state index contributed by atoms with van der Waals surface area (Å²) in [6, 6.07) is 0. The van der Waals surface area contributed by atoms with Crippen molar-refractivity contribution >= 4 is 28.7 Å². The largest absolute Gasteiger partial charge is 0.330 e. The molecule has 2 aromatic rings. The minimum absolute atomic E-state index is 0. The number of hydrogen-bond acceptors (Lipinski definition) is 5. The molecule has 78 valence electrons.